The highest BCUT2D eigenvalue weighted by molar-refractivity contribution is 6.30. The van der Waals surface area contributed by atoms with E-state index in [4.69, 9.17) is 16.3 Å². The van der Waals surface area contributed by atoms with Crippen LogP contribution in [0.1, 0.15) is 18.1 Å². The molecular weight excluding hydrogens is 277 g/mol. The summed E-state index contributed by atoms with van der Waals surface area (Å²) in [6, 6.07) is 12.2. The van der Waals surface area contributed by atoms with Gasteiger partial charge in [0.1, 0.15) is 24.7 Å². The molecule has 0 aliphatic rings. The Morgan fingerprint density at radius 1 is 1.10 bits per heavy atom. The third-order valence-corrected chi connectivity index (χ3v) is 3.22. The van der Waals surface area contributed by atoms with Gasteiger partial charge in [0.15, 0.2) is 0 Å². The molecule has 0 aliphatic heterocycles. The van der Waals surface area contributed by atoms with Crippen molar-refractivity contribution in [2.75, 3.05) is 6.61 Å². The standard InChI is InChI=1S/C16H17ClFNO/c1-2-20-16-8-5-14(17)9-13(16)11-19-10-12-3-6-15(18)7-4-12/h3-9,19H,2,10-11H2,1H3/p+1. The largest absolute Gasteiger partial charge is 0.493 e. The summed E-state index contributed by atoms with van der Waals surface area (Å²) in [6.45, 7) is 4.15. The van der Waals surface area contributed by atoms with Crippen molar-refractivity contribution in [2.45, 2.75) is 20.0 Å². The number of benzene rings is 2. The molecule has 0 radical (unpaired) electrons. The van der Waals surface area contributed by atoms with Crippen molar-refractivity contribution in [3.63, 3.8) is 0 Å². The Kier molecular flexibility index (Phi) is 5.39. The van der Waals surface area contributed by atoms with Crippen LogP contribution in [0.15, 0.2) is 42.5 Å². The number of quaternary nitrogens is 1. The van der Waals surface area contributed by atoms with Crippen LogP contribution in [-0.2, 0) is 13.1 Å². The Hall–Kier alpha value is -1.58. The van der Waals surface area contributed by atoms with Crippen molar-refractivity contribution < 1.29 is 14.4 Å². The number of hydrogen-bond acceptors (Lipinski definition) is 1. The molecule has 20 heavy (non-hydrogen) atoms. The SMILES string of the molecule is CCOc1ccc(Cl)cc1C[NH2+]Cc1ccc(F)cc1. The van der Waals surface area contributed by atoms with Crippen LogP contribution in [0.3, 0.4) is 0 Å². The van der Waals surface area contributed by atoms with E-state index >= 15 is 0 Å². The monoisotopic (exact) mass is 294 g/mol. The van der Waals surface area contributed by atoms with Crippen molar-refractivity contribution in [3.05, 3.63) is 64.4 Å². The van der Waals surface area contributed by atoms with Crippen LogP contribution >= 0.6 is 11.6 Å². The van der Waals surface area contributed by atoms with Crippen molar-refractivity contribution in [2.24, 2.45) is 0 Å². The van der Waals surface area contributed by atoms with Gasteiger partial charge in [0.25, 0.3) is 0 Å². The van der Waals surface area contributed by atoms with Gasteiger partial charge in [0.2, 0.25) is 0 Å². The smallest absolute Gasteiger partial charge is 0.128 e. The summed E-state index contributed by atoms with van der Waals surface area (Å²) in [5, 5.41) is 2.85. The number of halogens is 2. The fourth-order valence-electron chi connectivity index (χ4n) is 2.02. The molecule has 0 saturated heterocycles. The Morgan fingerprint density at radius 2 is 1.85 bits per heavy atom. The van der Waals surface area contributed by atoms with Gasteiger partial charge >= 0.3 is 0 Å². The van der Waals surface area contributed by atoms with E-state index in [9.17, 15) is 4.39 Å². The van der Waals surface area contributed by atoms with Crippen LogP contribution in [0.5, 0.6) is 5.75 Å². The Balaban J connectivity index is 1.96. The molecule has 4 heteroatoms. The third kappa shape index (κ3) is 4.22. The topological polar surface area (TPSA) is 25.8 Å². The molecule has 2 N–H and O–H groups in total. The van der Waals surface area contributed by atoms with Crippen LogP contribution < -0.4 is 10.1 Å². The van der Waals surface area contributed by atoms with E-state index in [1.165, 1.54) is 12.1 Å². The molecule has 0 aliphatic carbocycles. The van der Waals surface area contributed by atoms with Crippen LogP contribution in [0.4, 0.5) is 4.39 Å². The minimum atomic E-state index is -0.206. The lowest BCUT2D eigenvalue weighted by atomic mass is 10.2. The fourth-order valence-corrected chi connectivity index (χ4v) is 2.21. The molecule has 0 amide bonds. The van der Waals surface area contributed by atoms with Crippen LogP contribution in [-0.4, -0.2) is 6.61 Å². The average molecular weight is 295 g/mol. The van der Waals surface area contributed by atoms with Crippen LogP contribution in [0.2, 0.25) is 5.02 Å². The van der Waals surface area contributed by atoms with E-state index in [0.717, 1.165) is 30.0 Å². The van der Waals surface area contributed by atoms with Crippen molar-refractivity contribution in [1.82, 2.24) is 0 Å². The van der Waals surface area contributed by atoms with E-state index in [0.29, 0.717) is 11.6 Å². The maximum atomic E-state index is 12.8. The first-order valence-corrected chi connectivity index (χ1v) is 7.04. The summed E-state index contributed by atoms with van der Waals surface area (Å²) >= 11 is 6.02. The normalized spacial score (nSPS) is 10.6. The molecule has 0 saturated carbocycles. The molecule has 0 heterocycles. The molecule has 2 rings (SSSR count). The van der Waals surface area contributed by atoms with Gasteiger partial charge in [0.05, 0.1) is 6.61 Å². The quantitative estimate of drug-likeness (QED) is 0.870. The van der Waals surface area contributed by atoms with Crippen molar-refractivity contribution >= 4 is 11.6 Å². The summed E-state index contributed by atoms with van der Waals surface area (Å²) in [6.07, 6.45) is 0. The molecule has 0 fully saturated rings. The Bertz CT molecular complexity index is 557. The zero-order chi connectivity index (χ0) is 14.4. The van der Waals surface area contributed by atoms with Crippen LogP contribution in [0.25, 0.3) is 0 Å². The van der Waals surface area contributed by atoms with E-state index in [2.05, 4.69) is 5.32 Å². The summed E-state index contributed by atoms with van der Waals surface area (Å²) in [4.78, 5) is 0. The van der Waals surface area contributed by atoms with E-state index in [1.54, 1.807) is 12.1 Å². The van der Waals surface area contributed by atoms with Gasteiger partial charge in [-0.05, 0) is 37.3 Å². The first-order chi connectivity index (χ1) is 9.69. The Labute approximate surface area is 123 Å². The van der Waals surface area contributed by atoms with Gasteiger partial charge in [-0.25, -0.2) is 4.39 Å². The summed E-state index contributed by atoms with van der Waals surface area (Å²) in [5.41, 5.74) is 2.16. The Morgan fingerprint density at radius 3 is 2.55 bits per heavy atom. The molecule has 2 nitrogen and oxygen atoms in total. The lowest BCUT2D eigenvalue weighted by Crippen LogP contribution is -2.80. The first kappa shape index (κ1) is 14.8. The molecule has 0 spiro atoms. The van der Waals surface area contributed by atoms with E-state index in [1.807, 2.05) is 25.1 Å². The highest BCUT2D eigenvalue weighted by atomic mass is 35.5. The summed E-state index contributed by atoms with van der Waals surface area (Å²) in [5.74, 6) is 0.662. The molecule has 106 valence electrons. The predicted molar refractivity (Wildman–Crippen MR) is 78.4 cm³/mol. The molecule has 2 aromatic rings. The van der Waals surface area contributed by atoms with Gasteiger partial charge in [-0.2, -0.15) is 0 Å². The molecule has 0 bridgehead atoms. The van der Waals surface area contributed by atoms with Gasteiger partial charge < -0.3 is 10.1 Å². The molecule has 0 aromatic heterocycles. The van der Waals surface area contributed by atoms with E-state index < -0.39 is 0 Å². The first-order valence-electron chi connectivity index (χ1n) is 6.66. The zero-order valence-corrected chi connectivity index (χ0v) is 12.2. The highest BCUT2D eigenvalue weighted by Gasteiger charge is 2.06. The van der Waals surface area contributed by atoms with Gasteiger partial charge in [-0.15, -0.1) is 0 Å². The zero-order valence-electron chi connectivity index (χ0n) is 11.4. The minimum Gasteiger partial charge on any atom is -0.493 e. The lowest BCUT2D eigenvalue weighted by Gasteiger charge is -2.10. The van der Waals surface area contributed by atoms with Crippen molar-refractivity contribution in [1.29, 1.82) is 0 Å². The maximum Gasteiger partial charge on any atom is 0.128 e. The van der Waals surface area contributed by atoms with Gasteiger partial charge in [0, 0.05) is 16.1 Å². The minimum absolute atomic E-state index is 0.206. The van der Waals surface area contributed by atoms with E-state index in [-0.39, 0.29) is 5.82 Å². The molecule has 0 unspecified atom stereocenters. The lowest BCUT2D eigenvalue weighted by molar-refractivity contribution is -0.686. The highest BCUT2D eigenvalue weighted by Crippen LogP contribution is 2.22. The number of nitrogens with two attached hydrogens (primary N) is 1. The average Bonchev–Trinajstić information content (AvgIpc) is 2.44. The second-order valence-electron chi connectivity index (χ2n) is 4.51. The molecule has 2 aromatic carbocycles. The predicted octanol–water partition coefficient (Wildman–Crippen LogP) is 3.14. The van der Waals surface area contributed by atoms with Crippen molar-refractivity contribution in [3.8, 4) is 5.75 Å². The van der Waals surface area contributed by atoms with Gasteiger partial charge in [-0.3, -0.25) is 0 Å². The molecular formula is C16H18ClFNO+. The second-order valence-corrected chi connectivity index (χ2v) is 4.94. The maximum absolute atomic E-state index is 12.8. The summed E-state index contributed by atoms with van der Waals surface area (Å²) < 4.78 is 18.4. The number of ether oxygens (including phenoxy) is 1. The number of rotatable bonds is 6. The van der Waals surface area contributed by atoms with Gasteiger partial charge in [-0.1, -0.05) is 23.7 Å². The van der Waals surface area contributed by atoms with Crippen LogP contribution in [0, 0.1) is 5.82 Å². The molecule has 0 atom stereocenters. The third-order valence-electron chi connectivity index (χ3n) is 2.98. The number of hydrogen-bond donors (Lipinski definition) is 1. The second kappa shape index (κ2) is 7.27. The summed E-state index contributed by atoms with van der Waals surface area (Å²) in [7, 11) is 0. The fraction of sp³-hybridized carbons (Fsp3) is 0.250.